The predicted molar refractivity (Wildman–Crippen MR) is 100 cm³/mol. The Morgan fingerprint density at radius 2 is 2.11 bits per heavy atom. The van der Waals surface area contributed by atoms with Gasteiger partial charge in [-0.1, -0.05) is 12.1 Å². The summed E-state index contributed by atoms with van der Waals surface area (Å²) in [7, 11) is 0. The number of aliphatic hydroxyl groups excluding tert-OH is 1. The molecule has 0 aliphatic carbocycles. The minimum atomic E-state index is -0.720. The summed E-state index contributed by atoms with van der Waals surface area (Å²) in [5.41, 5.74) is 3.19. The van der Waals surface area contributed by atoms with Crippen molar-refractivity contribution in [3.63, 3.8) is 0 Å². The van der Waals surface area contributed by atoms with Crippen LogP contribution in [0.1, 0.15) is 25.5 Å². The highest BCUT2D eigenvalue weighted by Gasteiger charge is 2.13. The van der Waals surface area contributed by atoms with E-state index >= 15 is 0 Å². The Labute approximate surface area is 155 Å². The normalized spacial score (nSPS) is 12.7. The first-order valence-corrected chi connectivity index (χ1v) is 8.72. The first-order chi connectivity index (χ1) is 13.1. The zero-order valence-electron chi connectivity index (χ0n) is 15.1. The van der Waals surface area contributed by atoms with Crippen LogP contribution in [0.4, 0.5) is 0 Å². The van der Waals surface area contributed by atoms with Crippen molar-refractivity contribution >= 4 is 11.0 Å². The number of rotatable bonds is 6. The second-order valence-electron chi connectivity index (χ2n) is 6.52. The summed E-state index contributed by atoms with van der Waals surface area (Å²) >= 11 is 0. The van der Waals surface area contributed by atoms with Crippen molar-refractivity contribution in [1.29, 1.82) is 0 Å². The summed E-state index contributed by atoms with van der Waals surface area (Å²) < 4.78 is 7.24. The lowest BCUT2D eigenvalue weighted by atomic mass is 10.1. The Kier molecular flexibility index (Phi) is 4.66. The number of nitrogens with one attached hydrogen (secondary N) is 1. The molecule has 1 unspecified atom stereocenters. The van der Waals surface area contributed by atoms with E-state index < -0.39 is 6.10 Å². The third kappa shape index (κ3) is 3.57. The van der Waals surface area contributed by atoms with Crippen LogP contribution in [0.5, 0.6) is 0 Å². The largest absolute Gasteiger partial charge is 0.386 e. The number of aromatic amines is 1. The van der Waals surface area contributed by atoms with Crippen molar-refractivity contribution in [1.82, 2.24) is 29.9 Å². The standard InChI is InChI=1S/C19H20N6O2/c1-12(2)27-10-17(26)14-6-15-9-23-25(19(15)20-8-14)16-5-3-4-13(7-16)18-21-11-22-24-18/h3-9,11-12,17,26H,10H2,1-2H3,(H,21,22,24). The van der Waals surface area contributed by atoms with E-state index in [9.17, 15) is 5.11 Å². The van der Waals surface area contributed by atoms with Crippen LogP contribution in [0.2, 0.25) is 0 Å². The molecule has 0 saturated heterocycles. The van der Waals surface area contributed by atoms with Crippen LogP contribution in [0.25, 0.3) is 28.1 Å². The fraction of sp³-hybridized carbons (Fsp3) is 0.263. The van der Waals surface area contributed by atoms with Crippen molar-refractivity contribution in [2.45, 2.75) is 26.1 Å². The van der Waals surface area contributed by atoms with Crippen LogP contribution in [0.15, 0.2) is 49.1 Å². The maximum Gasteiger partial charge on any atom is 0.162 e. The molecule has 0 spiro atoms. The Hall–Kier alpha value is -3.10. The van der Waals surface area contributed by atoms with E-state index in [1.54, 1.807) is 23.4 Å². The van der Waals surface area contributed by atoms with Crippen LogP contribution in [-0.4, -0.2) is 47.8 Å². The Balaban J connectivity index is 1.65. The Bertz CT molecular complexity index is 1040. The van der Waals surface area contributed by atoms with Gasteiger partial charge < -0.3 is 14.8 Å². The van der Waals surface area contributed by atoms with Gasteiger partial charge in [0.1, 0.15) is 12.4 Å². The molecule has 4 aromatic rings. The SMILES string of the molecule is CC(C)OCC(O)c1cnc2c(cnn2-c2cccc(-c3nnc[nH]3)c2)c1. The second-order valence-corrected chi connectivity index (χ2v) is 6.52. The second kappa shape index (κ2) is 7.26. The van der Waals surface area contributed by atoms with E-state index in [2.05, 4.69) is 25.3 Å². The van der Waals surface area contributed by atoms with E-state index in [0.717, 1.165) is 16.6 Å². The zero-order chi connectivity index (χ0) is 18.8. The van der Waals surface area contributed by atoms with Crippen LogP contribution in [-0.2, 0) is 4.74 Å². The van der Waals surface area contributed by atoms with Gasteiger partial charge in [-0.3, -0.25) is 0 Å². The summed E-state index contributed by atoms with van der Waals surface area (Å²) in [4.78, 5) is 7.50. The van der Waals surface area contributed by atoms with E-state index in [-0.39, 0.29) is 12.7 Å². The topological polar surface area (TPSA) is 102 Å². The number of pyridine rings is 1. The Morgan fingerprint density at radius 1 is 1.22 bits per heavy atom. The maximum atomic E-state index is 10.3. The fourth-order valence-corrected chi connectivity index (χ4v) is 2.82. The average molecular weight is 364 g/mol. The third-order valence-electron chi connectivity index (χ3n) is 4.18. The van der Waals surface area contributed by atoms with Crippen molar-refractivity contribution in [3.05, 3.63) is 54.6 Å². The molecule has 0 aliphatic rings. The van der Waals surface area contributed by atoms with Crippen LogP contribution in [0.3, 0.4) is 0 Å². The molecular weight excluding hydrogens is 344 g/mol. The molecule has 4 rings (SSSR count). The van der Waals surface area contributed by atoms with Crippen LogP contribution >= 0.6 is 0 Å². The van der Waals surface area contributed by atoms with Crippen LogP contribution in [0, 0.1) is 0 Å². The monoisotopic (exact) mass is 364 g/mol. The number of benzene rings is 1. The minimum absolute atomic E-state index is 0.0655. The fourth-order valence-electron chi connectivity index (χ4n) is 2.82. The van der Waals surface area contributed by atoms with Gasteiger partial charge >= 0.3 is 0 Å². The van der Waals surface area contributed by atoms with E-state index in [1.807, 2.05) is 44.2 Å². The molecule has 0 aliphatic heterocycles. The number of aromatic nitrogens is 6. The summed E-state index contributed by atoms with van der Waals surface area (Å²) in [5.74, 6) is 0.692. The number of fused-ring (bicyclic) bond motifs is 1. The van der Waals surface area contributed by atoms with Gasteiger partial charge in [-0.15, -0.1) is 10.2 Å². The molecule has 8 heteroatoms. The number of hydrogen-bond acceptors (Lipinski definition) is 6. The van der Waals surface area contributed by atoms with Gasteiger partial charge in [-0.25, -0.2) is 9.67 Å². The molecule has 138 valence electrons. The van der Waals surface area contributed by atoms with Gasteiger partial charge in [0.15, 0.2) is 11.5 Å². The number of H-pyrrole nitrogens is 1. The quantitative estimate of drug-likeness (QED) is 0.545. The van der Waals surface area contributed by atoms with Gasteiger partial charge in [0, 0.05) is 22.7 Å². The van der Waals surface area contributed by atoms with Crippen LogP contribution < -0.4 is 0 Å². The number of nitrogens with zero attached hydrogens (tertiary/aromatic N) is 5. The zero-order valence-corrected chi connectivity index (χ0v) is 15.1. The van der Waals surface area contributed by atoms with Gasteiger partial charge in [-0.2, -0.15) is 5.10 Å². The third-order valence-corrected chi connectivity index (χ3v) is 4.18. The lowest BCUT2D eigenvalue weighted by Gasteiger charge is -2.13. The molecule has 0 fully saturated rings. The molecule has 0 bridgehead atoms. The van der Waals surface area contributed by atoms with Crippen molar-refractivity contribution in [2.24, 2.45) is 0 Å². The molecule has 1 aromatic carbocycles. The van der Waals surface area contributed by atoms with Crippen molar-refractivity contribution in [3.8, 4) is 17.1 Å². The molecule has 1 atom stereocenters. The van der Waals surface area contributed by atoms with E-state index in [0.29, 0.717) is 17.0 Å². The number of ether oxygens (including phenoxy) is 1. The summed E-state index contributed by atoms with van der Waals surface area (Å²) in [6.45, 7) is 4.11. The summed E-state index contributed by atoms with van der Waals surface area (Å²) in [6, 6.07) is 9.69. The molecule has 3 heterocycles. The molecule has 0 amide bonds. The minimum Gasteiger partial charge on any atom is -0.386 e. The van der Waals surface area contributed by atoms with Gasteiger partial charge in [-0.05, 0) is 32.0 Å². The van der Waals surface area contributed by atoms with Crippen molar-refractivity contribution < 1.29 is 9.84 Å². The van der Waals surface area contributed by atoms with E-state index in [1.165, 1.54) is 0 Å². The molecule has 0 radical (unpaired) electrons. The van der Waals surface area contributed by atoms with E-state index in [4.69, 9.17) is 4.74 Å². The molecular formula is C19H20N6O2. The summed E-state index contributed by atoms with van der Waals surface area (Å²) in [5, 5.41) is 23.5. The highest BCUT2D eigenvalue weighted by atomic mass is 16.5. The predicted octanol–water partition coefficient (Wildman–Crippen LogP) is 2.66. The lowest BCUT2D eigenvalue weighted by molar-refractivity contribution is 0.00486. The van der Waals surface area contributed by atoms with Crippen molar-refractivity contribution in [2.75, 3.05) is 6.61 Å². The van der Waals surface area contributed by atoms with Gasteiger partial charge in [0.05, 0.1) is 24.6 Å². The first kappa shape index (κ1) is 17.3. The molecule has 0 saturated carbocycles. The molecule has 3 aromatic heterocycles. The Morgan fingerprint density at radius 3 is 2.89 bits per heavy atom. The number of aliphatic hydroxyl groups is 1. The molecule has 27 heavy (non-hydrogen) atoms. The smallest absolute Gasteiger partial charge is 0.162 e. The summed E-state index contributed by atoms with van der Waals surface area (Å²) in [6.07, 6.45) is 4.29. The highest BCUT2D eigenvalue weighted by Crippen LogP contribution is 2.23. The number of hydrogen-bond donors (Lipinski definition) is 2. The average Bonchev–Trinajstić information content (AvgIpc) is 3.35. The lowest BCUT2D eigenvalue weighted by Crippen LogP contribution is -2.12. The molecule has 8 nitrogen and oxygen atoms in total. The first-order valence-electron chi connectivity index (χ1n) is 8.72. The van der Waals surface area contributed by atoms with Gasteiger partial charge in [0.2, 0.25) is 0 Å². The van der Waals surface area contributed by atoms with Gasteiger partial charge in [0.25, 0.3) is 0 Å². The molecule has 2 N–H and O–H groups in total. The highest BCUT2D eigenvalue weighted by molar-refractivity contribution is 5.77. The maximum absolute atomic E-state index is 10.3.